The van der Waals surface area contributed by atoms with Crippen LogP contribution in [0.2, 0.25) is 5.28 Å². The Morgan fingerprint density at radius 2 is 2.26 bits per heavy atom. The summed E-state index contributed by atoms with van der Waals surface area (Å²) in [4.78, 5) is 12.3. The molecule has 0 aromatic carbocycles. The molecule has 27 heavy (non-hydrogen) atoms. The zero-order valence-electron chi connectivity index (χ0n) is 14.8. The first-order valence-electron chi connectivity index (χ1n) is 8.58. The lowest BCUT2D eigenvalue weighted by atomic mass is 10.0. The molecule has 6 atom stereocenters. The summed E-state index contributed by atoms with van der Waals surface area (Å²) in [6, 6.07) is -0.417. The molecule has 4 N–H and O–H groups in total. The van der Waals surface area contributed by atoms with Crippen molar-refractivity contribution in [3.8, 4) is 0 Å². The summed E-state index contributed by atoms with van der Waals surface area (Å²) in [7, 11) is 0. The van der Waals surface area contributed by atoms with Crippen LogP contribution in [0.15, 0.2) is 6.33 Å². The lowest BCUT2D eigenvalue weighted by molar-refractivity contribution is -0.0126. The second-order valence-corrected chi connectivity index (χ2v) is 12.6. The van der Waals surface area contributed by atoms with Gasteiger partial charge in [-0.05, 0) is 30.9 Å². The zero-order chi connectivity index (χ0) is 19.6. The van der Waals surface area contributed by atoms with Gasteiger partial charge in [0.1, 0.15) is 11.6 Å². The normalized spacial score (nSPS) is 34.6. The lowest BCUT2D eigenvalue weighted by Gasteiger charge is -2.24. The number of halogens is 1. The molecular formula is C15H21ClN5O4PS. The van der Waals surface area contributed by atoms with E-state index in [0.717, 1.165) is 0 Å². The molecular weight excluding hydrogens is 413 g/mol. The molecule has 2 aromatic heterocycles. The maximum Gasteiger partial charge on any atom is 0.254 e. The van der Waals surface area contributed by atoms with Gasteiger partial charge in [-0.25, -0.2) is 4.98 Å². The van der Waals surface area contributed by atoms with Gasteiger partial charge in [0, 0.05) is 17.8 Å². The van der Waals surface area contributed by atoms with Crippen molar-refractivity contribution < 1.29 is 19.3 Å². The van der Waals surface area contributed by atoms with E-state index in [1.807, 2.05) is 0 Å². The highest BCUT2D eigenvalue weighted by atomic mass is 35.5. The van der Waals surface area contributed by atoms with Crippen molar-refractivity contribution in [2.45, 2.75) is 31.6 Å². The van der Waals surface area contributed by atoms with Gasteiger partial charge in [-0.3, -0.25) is 4.57 Å². The van der Waals surface area contributed by atoms with Crippen LogP contribution in [0.1, 0.15) is 19.4 Å². The first-order chi connectivity index (χ1) is 12.7. The average molecular weight is 434 g/mol. The number of hydrogen-bond donors (Lipinski definition) is 3. The second-order valence-electron chi connectivity index (χ2n) is 7.13. The Hall–Kier alpha value is -0.900. The molecule has 0 radical (unpaired) electrons. The monoisotopic (exact) mass is 433 g/mol. The molecule has 2 heterocycles. The van der Waals surface area contributed by atoms with Crippen molar-refractivity contribution in [2.75, 3.05) is 24.8 Å². The Balaban J connectivity index is 1.63. The highest BCUT2D eigenvalue weighted by molar-refractivity contribution is 8.56. The quantitative estimate of drug-likeness (QED) is 0.461. The number of nitrogen functional groups attached to an aromatic ring is 1. The molecule has 1 unspecified atom stereocenters. The molecule has 2 saturated carbocycles. The Labute approximate surface area is 164 Å². The highest BCUT2D eigenvalue weighted by Crippen LogP contribution is 2.71. The molecule has 2 aromatic rings. The van der Waals surface area contributed by atoms with Crippen molar-refractivity contribution in [3.63, 3.8) is 0 Å². The minimum Gasteiger partial charge on any atom is -0.390 e. The summed E-state index contributed by atoms with van der Waals surface area (Å²) in [5.41, 5.74) is 6.18. The largest absolute Gasteiger partial charge is 0.390 e. The molecule has 0 amide bonds. The van der Waals surface area contributed by atoms with E-state index in [0.29, 0.717) is 29.9 Å². The third kappa shape index (κ3) is 3.07. The standard InChI is InChI=1S/C15H21ClN5O4PS/c1-3-25-26(2,24)27-5-15-4-7(15)9(10(22)11(15)23)21-6-18-8-12(17)19-14(16)20-13(8)21/h6-7,9-11,22-23H,3-5H2,1-2H3,(H2,17,19,20)/t7-,9-,10+,11+,15+,26?/m1/s1. The Morgan fingerprint density at radius 1 is 1.52 bits per heavy atom. The van der Waals surface area contributed by atoms with Gasteiger partial charge in [-0.15, -0.1) is 0 Å². The van der Waals surface area contributed by atoms with Crippen LogP contribution in [0, 0.1) is 11.3 Å². The fraction of sp³-hybridized carbons (Fsp3) is 0.667. The molecule has 2 fully saturated rings. The number of aliphatic hydroxyl groups is 2. The van der Waals surface area contributed by atoms with Gasteiger partial charge in [0.05, 0.1) is 25.1 Å². The zero-order valence-corrected chi connectivity index (χ0v) is 17.3. The summed E-state index contributed by atoms with van der Waals surface area (Å²) >= 11 is 7.15. The maximum atomic E-state index is 12.4. The highest BCUT2D eigenvalue weighted by Gasteiger charge is 2.71. The number of aliphatic hydroxyl groups excluding tert-OH is 2. The summed E-state index contributed by atoms with van der Waals surface area (Å²) in [5, 5.41) is 21.4. The van der Waals surface area contributed by atoms with Crippen LogP contribution in [-0.2, 0) is 9.09 Å². The molecule has 2 aliphatic rings. The molecule has 148 valence electrons. The minimum absolute atomic E-state index is 0.00367. The molecule has 2 aliphatic carbocycles. The summed E-state index contributed by atoms with van der Waals surface area (Å²) in [5.74, 6) is 0.618. The van der Waals surface area contributed by atoms with Crippen LogP contribution in [0.4, 0.5) is 5.82 Å². The van der Waals surface area contributed by atoms with Crippen molar-refractivity contribution in [3.05, 3.63) is 11.6 Å². The van der Waals surface area contributed by atoms with Crippen LogP contribution < -0.4 is 5.73 Å². The first kappa shape index (κ1) is 19.4. The molecule has 0 spiro atoms. The van der Waals surface area contributed by atoms with Gasteiger partial charge in [0.2, 0.25) is 5.28 Å². The summed E-state index contributed by atoms with van der Waals surface area (Å²) in [6.45, 7) is 0.952. The molecule has 9 nitrogen and oxygen atoms in total. The molecule has 12 heteroatoms. The lowest BCUT2D eigenvalue weighted by Crippen LogP contribution is -2.35. The fourth-order valence-corrected chi connectivity index (χ4v) is 7.82. The van der Waals surface area contributed by atoms with Crippen molar-refractivity contribution in [1.29, 1.82) is 0 Å². The molecule has 0 bridgehead atoms. The van der Waals surface area contributed by atoms with E-state index in [1.54, 1.807) is 24.5 Å². The Bertz CT molecular complexity index is 944. The molecule has 0 saturated heterocycles. The van der Waals surface area contributed by atoms with E-state index in [1.165, 1.54) is 11.4 Å². The number of rotatable bonds is 6. The predicted octanol–water partition coefficient (Wildman–Crippen LogP) is 1.94. The Kier molecular flexibility index (Phi) is 4.73. The topological polar surface area (TPSA) is 136 Å². The van der Waals surface area contributed by atoms with Crippen LogP contribution in [-0.4, -0.2) is 61.0 Å². The third-order valence-corrected chi connectivity index (χ3v) is 9.67. The Morgan fingerprint density at radius 3 is 2.96 bits per heavy atom. The van der Waals surface area contributed by atoms with E-state index in [2.05, 4.69) is 15.0 Å². The third-order valence-electron chi connectivity index (χ3n) is 5.53. The smallest absolute Gasteiger partial charge is 0.254 e. The number of fused-ring (bicyclic) bond motifs is 2. The van der Waals surface area contributed by atoms with Crippen molar-refractivity contribution in [2.24, 2.45) is 11.3 Å². The van der Waals surface area contributed by atoms with E-state index >= 15 is 0 Å². The van der Waals surface area contributed by atoms with E-state index in [9.17, 15) is 14.8 Å². The number of nitrogens with zero attached hydrogens (tertiary/aromatic N) is 4. The van der Waals surface area contributed by atoms with Crippen LogP contribution in [0.25, 0.3) is 11.2 Å². The number of anilines is 1. The van der Waals surface area contributed by atoms with E-state index < -0.39 is 30.2 Å². The predicted molar refractivity (Wildman–Crippen MR) is 104 cm³/mol. The number of hydrogen-bond acceptors (Lipinski definition) is 9. The number of nitrogens with two attached hydrogens (primary N) is 1. The minimum atomic E-state index is -2.79. The fourth-order valence-electron chi connectivity index (χ4n) is 4.16. The molecule has 4 rings (SSSR count). The van der Waals surface area contributed by atoms with Gasteiger partial charge in [-0.1, -0.05) is 11.4 Å². The van der Waals surface area contributed by atoms with Gasteiger partial charge >= 0.3 is 0 Å². The first-order valence-corrected chi connectivity index (χ1v) is 12.6. The summed E-state index contributed by atoms with van der Waals surface area (Å²) in [6.07, 6.45) is 0.316. The van der Waals surface area contributed by atoms with Crippen LogP contribution in [0.5, 0.6) is 0 Å². The van der Waals surface area contributed by atoms with Crippen molar-refractivity contribution in [1.82, 2.24) is 19.5 Å². The van der Waals surface area contributed by atoms with Gasteiger partial charge in [0.15, 0.2) is 11.5 Å². The SMILES string of the molecule is CCOP(C)(=O)SC[C@@]12C[C@@H]1[C@@H](n1cnc3c(N)nc(Cl)nc31)[C@H](O)[C@@H]2O. The second kappa shape index (κ2) is 6.57. The van der Waals surface area contributed by atoms with E-state index in [-0.39, 0.29) is 17.0 Å². The van der Waals surface area contributed by atoms with Gasteiger partial charge in [0.25, 0.3) is 6.57 Å². The number of aromatic nitrogens is 4. The van der Waals surface area contributed by atoms with Crippen LogP contribution >= 0.6 is 29.6 Å². The van der Waals surface area contributed by atoms with Gasteiger partial charge < -0.3 is 25.0 Å². The molecule has 0 aliphatic heterocycles. The van der Waals surface area contributed by atoms with E-state index in [4.69, 9.17) is 21.9 Å². The number of imidazole rings is 1. The van der Waals surface area contributed by atoms with Gasteiger partial charge in [-0.2, -0.15) is 9.97 Å². The van der Waals surface area contributed by atoms with Crippen LogP contribution in [0.3, 0.4) is 0 Å². The van der Waals surface area contributed by atoms with Crippen molar-refractivity contribution >= 4 is 46.5 Å². The summed E-state index contributed by atoms with van der Waals surface area (Å²) < 4.78 is 19.4. The maximum absolute atomic E-state index is 12.4. The average Bonchev–Trinajstić information content (AvgIpc) is 3.09.